The molecule has 0 aromatic heterocycles. The predicted octanol–water partition coefficient (Wildman–Crippen LogP) is 2.73. The highest BCUT2D eigenvalue weighted by molar-refractivity contribution is 5.78. The summed E-state index contributed by atoms with van der Waals surface area (Å²) in [5.74, 6) is -0.765. The van der Waals surface area contributed by atoms with Crippen molar-refractivity contribution in [2.75, 3.05) is 13.6 Å². The molecular formula is C15H32N2O2. The fourth-order valence-electron chi connectivity index (χ4n) is 2.12. The Hall–Kier alpha value is -0.610. The highest BCUT2D eigenvalue weighted by Gasteiger charge is 2.33. The maximum Gasteiger partial charge on any atom is 0.323 e. The van der Waals surface area contributed by atoms with Gasteiger partial charge in [-0.1, -0.05) is 6.92 Å². The van der Waals surface area contributed by atoms with Gasteiger partial charge in [0.1, 0.15) is 5.54 Å². The van der Waals surface area contributed by atoms with Crippen molar-refractivity contribution in [3.05, 3.63) is 0 Å². The zero-order valence-corrected chi connectivity index (χ0v) is 13.7. The van der Waals surface area contributed by atoms with Gasteiger partial charge in [-0.15, -0.1) is 0 Å². The van der Waals surface area contributed by atoms with Gasteiger partial charge in [-0.05, 0) is 67.5 Å². The number of rotatable bonds is 9. The Morgan fingerprint density at radius 3 is 2.21 bits per heavy atom. The third-order valence-corrected chi connectivity index (χ3v) is 4.15. The summed E-state index contributed by atoms with van der Waals surface area (Å²) in [6, 6.07) is 0.172. The molecule has 0 heterocycles. The molecule has 0 aliphatic heterocycles. The molecule has 0 saturated heterocycles. The van der Waals surface area contributed by atoms with Crippen LogP contribution in [-0.4, -0.2) is 46.7 Å². The zero-order chi connectivity index (χ0) is 15.3. The van der Waals surface area contributed by atoms with Gasteiger partial charge in [0.05, 0.1) is 0 Å². The second-order valence-corrected chi connectivity index (χ2v) is 6.63. The van der Waals surface area contributed by atoms with Crippen LogP contribution in [0.15, 0.2) is 0 Å². The van der Waals surface area contributed by atoms with Crippen molar-refractivity contribution >= 4 is 5.97 Å². The first kappa shape index (κ1) is 18.4. The van der Waals surface area contributed by atoms with Crippen LogP contribution in [0.2, 0.25) is 0 Å². The van der Waals surface area contributed by atoms with E-state index in [1.165, 1.54) is 0 Å². The Morgan fingerprint density at radius 1 is 1.32 bits per heavy atom. The lowest BCUT2D eigenvalue weighted by atomic mass is 9.93. The van der Waals surface area contributed by atoms with Gasteiger partial charge in [-0.2, -0.15) is 0 Å². The Morgan fingerprint density at radius 2 is 1.84 bits per heavy atom. The number of nitrogens with one attached hydrogen (secondary N) is 1. The molecule has 0 spiro atoms. The molecule has 0 radical (unpaired) electrons. The molecule has 0 aromatic rings. The van der Waals surface area contributed by atoms with Gasteiger partial charge < -0.3 is 10.0 Å². The minimum Gasteiger partial charge on any atom is -0.480 e. The third kappa shape index (κ3) is 5.91. The van der Waals surface area contributed by atoms with Crippen molar-refractivity contribution in [1.29, 1.82) is 0 Å². The van der Waals surface area contributed by atoms with Crippen molar-refractivity contribution in [2.45, 2.75) is 77.9 Å². The molecule has 0 rings (SSSR count). The van der Waals surface area contributed by atoms with Crippen molar-refractivity contribution in [3.63, 3.8) is 0 Å². The van der Waals surface area contributed by atoms with E-state index in [2.05, 4.69) is 38.0 Å². The minimum atomic E-state index is -0.828. The zero-order valence-electron chi connectivity index (χ0n) is 13.7. The SMILES string of the molecule is CCC(C)(C)N(C)CCCC(C)(NC(C)C)C(=O)O. The van der Waals surface area contributed by atoms with Gasteiger partial charge >= 0.3 is 5.97 Å². The van der Waals surface area contributed by atoms with Gasteiger partial charge in [-0.25, -0.2) is 0 Å². The Labute approximate surface area is 118 Å². The number of aliphatic carboxylic acids is 1. The molecule has 1 atom stereocenters. The van der Waals surface area contributed by atoms with Crippen LogP contribution in [0.1, 0.15) is 60.8 Å². The second kappa shape index (κ2) is 7.25. The fraction of sp³-hybridized carbons (Fsp3) is 0.933. The number of carbonyl (C=O) groups is 1. The standard InChI is InChI=1S/C15H32N2O2/c1-8-14(4,5)17(7)11-9-10-15(6,13(18)19)16-12(2)3/h12,16H,8-11H2,1-7H3,(H,18,19). The molecule has 0 fully saturated rings. The molecule has 19 heavy (non-hydrogen) atoms. The molecule has 0 aliphatic rings. The third-order valence-electron chi connectivity index (χ3n) is 4.15. The first-order valence-electron chi connectivity index (χ1n) is 7.27. The van der Waals surface area contributed by atoms with Crippen molar-refractivity contribution in [3.8, 4) is 0 Å². The van der Waals surface area contributed by atoms with Crippen molar-refractivity contribution in [1.82, 2.24) is 10.2 Å². The summed E-state index contributed by atoms with van der Waals surface area (Å²) in [5, 5.41) is 12.5. The molecule has 4 nitrogen and oxygen atoms in total. The first-order chi connectivity index (χ1) is 8.55. The average molecular weight is 272 g/mol. The number of carboxylic acids is 1. The molecule has 114 valence electrons. The van der Waals surface area contributed by atoms with E-state index in [9.17, 15) is 9.90 Å². The van der Waals surface area contributed by atoms with Crippen LogP contribution < -0.4 is 5.32 Å². The van der Waals surface area contributed by atoms with Crippen LogP contribution in [0, 0.1) is 0 Å². The Bertz CT molecular complexity index is 290. The molecular weight excluding hydrogens is 240 g/mol. The van der Waals surface area contributed by atoms with E-state index >= 15 is 0 Å². The number of carboxylic acid groups (broad SMARTS) is 1. The lowest BCUT2D eigenvalue weighted by molar-refractivity contribution is -0.144. The average Bonchev–Trinajstić information content (AvgIpc) is 2.27. The van der Waals surface area contributed by atoms with E-state index in [1.54, 1.807) is 6.92 Å². The van der Waals surface area contributed by atoms with E-state index in [0.717, 1.165) is 19.4 Å². The van der Waals surface area contributed by atoms with E-state index in [4.69, 9.17) is 0 Å². The minimum absolute atomic E-state index is 0.172. The van der Waals surface area contributed by atoms with Crippen LogP contribution in [0.5, 0.6) is 0 Å². The summed E-state index contributed by atoms with van der Waals surface area (Å²) >= 11 is 0. The summed E-state index contributed by atoms with van der Waals surface area (Å²) in [6.45, 7) is 13.3. The van der Waals surface area contributed by atoms with Crippen LogP contribution in [-0.2, 0) is 4.79 Å². The monoisotopic (exact) mass is 272 g/mol. The van der Waals surface area contributed by atoms with E-state index in [0.29, 0.717) is 6.42 Å². The Kier molecular flexibility index (Phi) is 7.01. The lowest BCUT2D eigenvalue weighted by Gasteiger charge is -2.36. The van der Waals surface area contributed by atoms with Gasteiger partial charge in [0, 0.05) is 11.6 Å². The predicted molar refractivity (Wildman–Crippen MR) is 80.5 cm³/mol. The number of nitrogens with zero attached hydrogens (tertiary/aromatic N) is 1. The van der Waals surface area contributed by atoms with E-state index in [1.807, 2.05) is 13.8 Å². The van der Waals surface area contributed by atoms with Gasteiger partial charge in [-0.3, -0.25) is 10.1 Å². The molecule has 0 amide bonds. The summed E-state index contributed by atoms with van der Waals surface area (Å²) in [7, 11) is 2.11. The molecule has 0 aromatic carbocycles. The van der Waals surface area contributed by atoms with Crippen LogP contribution >= 0.6 is 0 Å². The summed E-state index contributed by atoms with van der Waals surface area (Å²) < 4.78 is 0. The van der Waals surface area contributed by atoms with E-state index in [-0.39, 0.29) is 11.6 Å². The van der Waals surface area contributed by atoms with E-state index < -0.39 is 11.5 Å². The molecule has 1 unspecified atom stereocenters. The topological polar surface area (TPSA) is 52.6 Å². The van der Waals surface area contributed by atoms with Gasteiger partial charge in [0.15, 0.2) is 0 Å². The molecule has 0 bridgehead atoms. The highest BCUT2D eigenvalue weighted by atomic mass is 16.4. The second-order valence-electron chi connectivity index (χ2n) is 6.63. The van der Waals surface area contributed by atoms with Crippen LogP contribution in [0.3, 0.4) is 0 Å². The summed E-state index contributed by atoms with van der Waals surface area (Å²) in [5.41, 5.74) is -0.656. The molecule has 2 N–H and O–H groups in total. The summed E-state index contributed by atoms with van der Waals surface area (Å²) in [4.78, 5) is 13.7. The first-order valence-corrected chi connectivity index (χ1v) is 7.27. The smallest absolute Gasteiger partial charge is 0.323 e. The van der Waals surface area contributed by atoms with Crippen LogP contribution in [0.25, 0.3) is 0 Å². The maximum atomic E-state index is 11.4. The Balaban J connectivity index is 4.40. The molecule has 4 heteroatoms. The quantitative estimate of drug-likeness (QED) is 0.677. The van der Waals surface area contributed by atoms with Crippen molar-refractivity contribution in [2.24, 2.45) is 0 Å². The molecule has 0 aliphatic carbocycles. The largest absolute Gasteiger partial charge is 0.480 e. The normalized spacial score (nSPS) is 15.8. The lowest BCUT2D eigenvalue weighted by Crippen LogP contribution is -2.52. The highest BCUT2D eigenvalue weighted by Crippen LogP contribution is 2.19. The van der Waals surface area contributed by atoms with Gasteiger partial charge in [0.25, 0.3) is 0 Å². The summed E-state index contributed by atoms with van der Waals surface area (Å²) in [6.07, 6.45) is 2.61. The number of hydrogen-bond donors (Lipinski definition) is 2. The van der Waals surface area contributed by atoms with Crippen LogP contribution in [0.4, 0.5) is 0 Å². The maximum absolute atomic E-state index is 11.4. The van der Waals surface area contributed by atoms with Gasteiger partial charge in [0.2, 0.25) is 0 Å². The molecule has 0 saturated carbocycles. The number of hydrogen-bond acceptors (Lipinski definition) is 3. The fourth-order valence-corrected chi connectivity index (χ4v) is 2.12. The van der Waals surface area contributed by atoms with Crippen molar-refractivity contribution < 1.29 is 9.90 Å².